The van der Waals surface area contributed by atoms with Gasteiger partial charge < -0.3 is 4.74 Å². The fraction of sp³-hybridized carbons (Fsp3) is 0.0833. The predicted molar refractivity (Wildman–Crippen MR) is 68.0 cm³/mol. The van der Waals surface area contributed by atoms with E-state index in [2.05, 4.69) is 10.2 Å². The average Bonchev–Trinajstić information content (AvgIpc) is 2.36. The summed E-state index contributed by atoms with van der Waals surface area (Å²) in [5, 5.41) is 16.4. The van der Waals surface area contributed by atoms with E-state index in [1.165, 1.54) is 6.07 Å². The second-order valence-electron chi connectivity index (χ2n) is 3.52. The van der Waals surface area contributed by atoms with Gasteiger partial charge in [0.1, 0.15) is 5.75 Å². The van der Waals surface area contributed by atoms with Crippen LogP contribution in [0.2, 0.25) is 10.3 Å². The van der Waals surface area contributed by atoms with Crippen LogP contribution in [0.4, 0.5) is 0 Å². The molecule has 1 aromatic carbocycles. The zero-order valence-electron chi connectivity index (χ0n) is 9.32. The number of aryl methyl sites for hydroxylation is 1. The molecule has 2 aromatic rings. The average molecular weight is 280 g/mol. The van der Waals surface area contributed by atoms with Crippen LogP contribution >= 0.6 is 23.2 Å². The van der Waals surface area contributed by atoms with Gasteiger partial charge in [0, 0.05) is 6.07 Å². The zero-order valence-corrected chi connectivity index (χ0v) is 10.8. The van der Waals surface area contributed by atoms with E-state index in [1.54, 1.807) is 18.2 Å². The van der Waals surface area contributed by atoms with E-state index < -0.39 is 0 Å². The predicted octanol–water partition coefficient (Wildman–Crippen LogP) is 3.76. The Morgan fingerprint density at radius 2 is 1.94 bits per heavy atom. The molecule has 0 spiro atoms. The van der Waals surface area contributed by atoms with Crippen molar-refractivity contribution in [1.29, 1.82) is 5.26 Å². The minimum Gasteiger partial charge on any atom is -0.454 e. The molecule has 0 aliphatic rings. The minimum atomic E-state index is 0.112. The fourth-order valence-electron chi connectivity index (χ4n) is 1.31. The molecule has 0 aliphatic carbocycles. The quantitative estimate of drug-likeness (QED) is 0.840. The van der Waals surface area contributed by atoms with Crippen molar-refractivity contribution in [3.63, 3.8) is 0 Å². The first-order valence-corrected chi connectivity index (χ1v) is 5.73. The Morgan fingerprint density at radius 1 is 1.17 bits per heavy atom. The first kappa shape index (κ1) is 12.6. The number of hydrogen-bond acceptors (Lipinski definition) is 4. The Balaban J connectivity index is 2.39. The van der Waals surface area contributed by atoms with E-state index in [0.29, 0.717) is 17.1 Å². The van der Waals surface area contributed by atoms with Crippen molar-refractivity contribution in [3.8, 4) is 17.6 Å². The lowest BCUT2D eigenvalue weighted by Gasteiger charge is -2.09. The van der Waals surface area contributed by atoms with Gasteiger partial charge in [0.2, 0.25) is 0 Å². The van der Waals surface area contributed by atoms with Crippen LogP contribution in [0.25, 0.3) is 0 Å². The normalized spacial score (nSPS) is 9.89. The molecule has 6 heteroatoms. The Hall–Kier alpha value is -1.83. The van der Waals surface area contributed by atoms with Gasteiger partial charge in [0.15, 0.2) is 16.1 Å². The molecule has 0 N–H and O–H groups in total. The third-order valence-corrected chi connectivity index (χ3v) is 2.67. The van der Waals surface area contributed by atoms with Gasteiger partial charge in [-0.25, -0.2) is 0 Å². The van der Waals surface area contributed by atoms with Crippen molar-refractivity contribution in [1.82, 2.24) is 10.2 Å². The molecule has 0 aliphatic heterocycles. The van der Waals surface area contributed by atoms with Gasteiger partial charge >= 0.3 is 0 Å². The van der Waals surface area contributed by atoms with E-state index in [1.807, 2.05) is 13.0 Å². The lowest BCUT2D eigenvalue weighted by Crippen LogP contribution is -1.92. The first-order chi connectivity index (χ1) is 8.60. The summed E-state index contributed by atoms with van der Waals surface area (Å²) in [6.07, 6.45) is 0. The van der Waals surface area contributed by atoms with Crippen molar-refractivity contribution >= 4 is 23.2 Å². The van der Waals surface area contributed by atoms with Crippen LogP contribution in [0.15, 0.2) is 24.3 Å². The van der Waals surface area contributed by atoms with Gasteiger partial charge in [-0.05, 0) is 24.6 Å². The maximum Gasteiger partial charge on any atom is 0.194 e. The van der Waals surface area contributed by atoms with E-state index in [9.17, 15) is 0 Å². The number of benzene rings is 1. The van der Waals surface area contributed by atoms with Crippen LogP contribution in [-0.2, 0) is 0 Å². The number of halogens is 2. The number of nitriles is 1. The SMILES string of the molecule is Cc1ccc(C#N)cc1Oc1cc(Cl)nnc1Cl. The molecular formula is C12H7Cl2N3O. The van der Waals surface area contributed by atoms with Gasteiger partial charge in [0.25, 0.3) is 0 Å². The van der Waals surface area contributed by atoms with E-state index in [0.717, 1.165) is 5.56 Å². The number of hydrogen-bond donors (Lipinski definition) is 0. The second kappa shape index (κ2) is 5.21. The van der Waals surface area contributed by atoms with Gasteiger partial charge in [-0.2, -0.15) is 5.26 Å². The molecule has 18 heavy (non-hydrogen) atoms. The number of rotatable bonds is 2. The standard InChI is InChI=1S/C12H7Cl2N3O/c1-7-2-3-8(6-15)4-9(7)18-10-5-11(13)16-17-12(10)14/h2-5H,1H3. The van der Waals surface area contributed by atoms with Gasteiger partial charge in [-0.15, -0.1) is 10.2 Å². The Morgan fingerprint density at radius 3 is 2.67 bits per heavy atom. The summed E-state index contributed by atoms with van der Waals surface area (Å²) in [5.74, 6) is 0.829. The van der Waals surface area contributed by atoms with Crippen molar-refractivity contribution < 1.29 is 4.74 Å². The van der Waals surface area contributed by atoms with Crippen LogP contribution in [-0.4, -0.2) is 10.2 Å². The monoisotopic (exact) mass is 279 g/mol. The molecule has 0 saturated heterocycles. The highest BCUT2D eigenvalue weighted by molar-refractivity contribution is 6.32. The molecule has 0 saturated carbocycles. The molecule has 0 fully saturated rings. The molecule has 0 atom stereocenters. The molecule has 0 amide bonds. The summed E-state index contributed by atoms with van der Waals surface area (Å²) in [5.41, 5.74) is 1.37. The summed E-state index contributed by atoms with van der Waals surface area (Å²) >= 11 is 11.6. The largest absolute Gasteiger partial charge is 0.454 e. The van der Waals surface area contributed by atoms with Crippen LogP contribution < -0.4 is 4.74 Å². The number of ether oxygens (including phenoxy) is 1. The minimum absolute atomic E-state index is 0.112. The van der Waals surface area contributed by atoms with Gasteiger partial charge in [-0.1, -0.05) is 29.3 Å². The highest BCUT2D eigenvalue weighted by Gasteiger charge is 2.09. The molecule has 2 rings (SSSR count). The summed E-state index contributed by atoms with van der Waals surface area (Å²) < 4.78 is 5.59. The smallest absolute Gasteiger partial charge is 0.194 e. The van der Waals surface area contributed by atoms with Crippen LogP contribution in [0.3, 0.4) is 0 Å². The number of aromatic nitrogens is 2. The van der Waals surface area contributed by atoms with E-state index in [-0.39, 0.29) is 10.3 Å². The molecular weight excluding hydrogens is 273 g/mol. The molecule has 0 bridgehead atoms. The summed E-state index contributed by atoms with van der Waals surface area (Å²) in [6.45, 7) is 1.86. The maximum absolute atomic E-state index is 8.84. The highest BCUT2D eigenvalue weighted by Crippen LogP contribution is 2.31. The molecule has 1 aromatic heterocycles. The van der Waals surface area contributed by atoms with Crippen LogP contribution in [0.1, 0.15) is 11.1 Å². The van der Waals surface area contributed by atoms with Crippen molar-refractivity contribution in [2.45, 2.75) is 6.92 Å². The topological polar surface area (TPSA) is 58.8 Å². The van der Waals surface area contributed by atoms with E-state index >= 15 is 0 Å². The summed E-state index contributed by atoms with van der Waals surface area (Å²) in [4.78, 5) is 0. The highest BCUT2D eigenvalue weighted by atomic mass is 35.5. The molecule has 0 radical (unpaired) electrons. The molecule has 0 unspecified atom stereocenters. The van der Waals surface area contributed by atoms with Crippen molar-refractivity contribution in [2.75, 3.05) is 0 Å². The third-order valence-electron chi connectivity index (χ3n) is 2.22. The molecule has 1 heterocycles. The third kappa shape index (κ3) is 2.70. The van der Waals surface area contributed by atoms with Crippen molar-refractivity contribution in [2.24, 2.45) is 0 Å². The van der Waals surface area contributed by atoms with Crippen LogP contribution in [0, 0.1) is 18.3 Å². The summed E-state index contributed by atoms with van der Waals surface area (Å²) in [7, 11) is 0. The Labute approximate surface area is 114 Å². The zero-order chi connectivity index (χ0) is 13.1. The van der Waals surface area contributed by atoms with Crippen molar-refractivity contribution in [3.05, 3.63) is 45.7 Å². The second-order valence-corrected chi connectivity index (χ2v) is 4.26. The Bertz CT molecular complexity index is 638. The Kier molecular flexibility index (Phi) is 3.66. The van der Waals surface area contributed by atoms with Gasteiger partial charge in [0.05, 0.1) is 11.6 Å². The molecule has 4 nitrogen and oxygen atoms in total. The number of nitrogens with zero attached hydrogens (tertiary/aromatic N) is 3. The molecule has 90 valence electrons. The van der Waals surface area contributed by atoms with Gasteiger partial charge in [-0.3, -0.25) is 0 Å². The lowest BCUT2D eigenvalue weighted by atomic mass is 10.1. The fourth-order valence-corrected chi connectivity index (χ4v) is 1.57. The lowest BCUT2D eigenvalue weighted by molar-refractivity contribution is 0.475. The van der Waals surface area contributed by atoms with Crippen LogP contribution in [0.5, 0.6) is 11.5 Å². The maximum atomic E-state index is 8.84. The summed E-state index contributed by atoms with van der Waals surface area (Å²) in [6, 6.07) is 8.63. The first-order valence-electron chi connectivity index (χ1n) is 4.97. The van der Waals surface area contributed by atoms with E-state index in [4.69, 9.17) is 33.2 Å².